The summed E-state index contributed by atoms with van der Waals surface area (Å²) in [6.45, 7) is 5.84. The second kappa shape index (κ2) is 7.03. The number of hydrogen-bond acceptors (Lipinski definition) is 2. The molecule has 1 saturated heterocycles. The third-order valence-electron chi connectivity index (χ3n) is 2.98. The third kappa shape index (κ3) is 5.10. The van der Waals surface area contributed by atoms with E-state index in [0.29, 0.717) is 12.5 Å². The highest BCUT2D eigenvalue weighted by Gasteiger charge is 2.25. The number of primary amides is 1. The predicted molar refractivity (Wildman–Crippen MR) is 80.3 cm³/mol. The van der Waals surface area contributed by atoms with Crippen molar-refractivity contribution in [1.29, 1.82) is 0 Å². The van der Waals surface area contributed by atoms with Crippen molar-refractivity contribution in [2.75, 3.05) is 19.6 Å². The van der Waals surface area contributed by atoms with Crippen molar-refractivity contribution in [2.24, 2.45) is 21.9 Å². The van der Waals surface area contributed by atoms with E-state index in [4.69, 9.17) is 11.5 Å². The van der Waals surface area contributed by atoms with E-state index in [2.05, 4.69) is 9.89 Å². The first-order valence-electron chi connectivity index (χ1n) is 5.78. The van der Waals surface area contributed by atoms with Crippen LogP contribution in [0.5, 0.6) is 0 Å². The molecule has 0 radical (unpaired) electrons. The number of nitrogens with zero attached hydrogens (tertiary/aromatic N) is 2. The lowest BCUT2D eigenvalue weighted by Gasteiger charge is -2.28. The van der Waals surface area contributed by atoms with Crippen LogP contribution >= 0.6 is 24.0 Å². The molecule has 1 rings (SSSR count). The van der Waals surface area contributed by atoms with Gasteiger partial charge in [0, 0.05) is 13.1 Å². The molecule has 17 heavy (non-hydrogen) atoms. The highest BCUT2D eigenvalue weighted by molar-refractivity contribution is 14.0. The minimum absolute atomic E-state index is 0. The Balaban J connectivity index is 0.00000256. The van der Waals surface area contributed by atoms with Crippen LogP contribution in [0.25, 0.3) is 0 Å². The van der Waals surface area contributed by atoms with Crippen LogP contribution in [-0.4, -0.2) is 36.4 Å². The van der Waals surface area contributed by atoms with Crippen molar-refractivity contribution in [3.8, 4) is 0 Å². The van der Waals surface area contributed by atoms with Gasteiger partial charge in [0.15, 0.2) is 5.96 Å². The lowest BCUT2D eigenvalue weighted by atomic mass is 9.93. The second-order valence-corrected chi connectivity index (χ2v) is 4.97. The number of guanidine groups is 1. The van der Waals surface area contributed by atoms with E-state index in [1.165, 1.54) is 6.42 Å². The van der Waals surface area contributed by atoms with Gasteiger partial charge >= 0.3 is 0 Å². The molecule has 0 unspecified atom stereocenters. The van der Waals surface area contributed by atoms with Crippen molar-refractivity contribution in [3.05, 3.63) is 0 Å². The quantitative estimate of drug-likeness (QED) is 0.449. The van der Waals surface area contributed by atoms with Crippen LogP contribution < -0.4 is 11.5 Å². The topological polar surface area (TPSA) is 84.7 Å². The highest BCUT2D eigenvalue weighted by atomic mass is 127. The maximum Gasteiger partial charge on any atom is 0.224 e. The molecule has 5 nitrogen and oxygen atoms in total. The van der Waals surface area contributed by atoms with E-state index >= 15 is 0 Å². The smallest absolute Gasteiger partial charge is 0.224 e. The first kappa shape index (κ1) is 16.5. The zero-order valence-electron chi connectivity index (χ0n) is 10.6. The average molecular weight is 354 g/mol. The van der Waals surface area contributed by atoms with Crippen molar-refractivity contribution < 1.29 is 4.79 Å². The maximum atomic E-state index is 11.1. The Morgan fingerprint density at radius 1 is 1.24 bits per heavy atom. The summed E-state index contributed by atoms with van der Waals surface area (Å²) in [6.07, 6.45) is 3.58. The minimum Gasteiger partial charge on any atom is -0.370 e. The van der Waals surface area contributed by atoms with Crippen molar-refractivity contribution in [3.63, 3.8) is 0 Å². The Bertz CT molecular complexity index is 285. The van der Waals surface area contributed by atoms with Crippen molar-refractivity contribution >= 4 is 35.8 Å². The van der Waals surface area contributed by atoms with Gasteiger partial charge in [0.1, 0.15) is 0 Å². The van der Waals surface area contributed by atoms with E-state index in [1.807, 2.05) is 0 Å². The van der Waals surface area contributed by atoms with Gasteiger partial charge in [-0.05, 0) is 33.1 Å². The van der Waals surface area contributed by atoms with Crippen LogP contribution in [0.2, 0.25) is 0 Å². The number of nitrogens with two attached hydrogens (primary N) is 2. The fourth-order valence-electron chi connectivity index (χ4n) is 1.58. The van der Waals surface area contributed by atoms with E-state index in [0.717, 1.165) is 25.9 Å². The molecule has 1 amide bonds. The molecule has 100 valence electrons. The fourth-order valence-corrected chi connectivity index (χ4v) is 1.58. The Labute approximate surface area is 120 Å². The number of halogens is 1. The third-order valence-corrected chi connectivity index (χ3v) is 2.98. The number of carbonyl (C=O) groups excluding carboxylic acids is 1. The van der Waals surface area contributed by atoms with E-state index < -0.39 is 5.41 Å². The normalized spacial score (nSPS) is 17.5. The SMILES string of the molecule is CC(C)(CN=C(N)N1CCCCC1)C(N)=O.I. The largest absolute Gasteiger partial charge is 0.370 e. The zero-order chi connectivity index (χ0) is 12.2. The molecule has 1 fully saturated rings. The summed E-state index contributed by atoms with van der Waals surface area (Å²) in [5, 5.41) is 0. The molecule has 1 aliphatic rings. The first-order valence-corrected chi connectivity index (χ1v) is 5.78. The number of hydrogen-bond donors (Lipinski definition) is 2. The molecule has 0 saturated carbocycles. The molecule has 0 aromatic rings. The number of likely N-dealkylation sites (tertiary alicyclic amines) is 1. The minimum atomic E-state index is -0.625. The van der Waals surface area contributed by atoms with Gasteiger partial charge in [0.05, 0.1) is 12.0 Å². The molecule has 0 aromatic carbocycles. The molecular weight excluding hydrogens is 331 g/mol. The molecule has 4 N–H and O–H groups in total. The number of amides is 1. The zero-order valence-corrected chi connectivity index (χ0v) is 12.9. The number of rotatable bonds is 3. The van der Waals surface area contributed by atoms with Crippen LogP contribution in [-0.2, 0) is 4.79 Å². The molecule has 0 aromatic heterocycles. The van der Waals surface area contributed by atoms with Crippen LogP contribution in [0.4, 0.5) is 0 Å². The molecule has 6 heteroatoms. The summed E-state index contributed by atoms with van der Waals surface area (Å²) in [6, 6.07) is 0. The summed E-state index contributed by atoms with van der Waals surface area (Å²) in [5.41, 5.74) is 10.5. The lowest BCUT2D eigenvalue weighted by Crippen LogP contribution is -2.42. The molecule has 0 bridgehead atoms. The summed E-state index contributed by atoms with van der Waals surface area (Å²) < 4.78 is 0. The van der Waals surface area contributed by atoms with E-state index in [-0.39, 0.29) is 29.9 Å². The van der Waals surface area contributed by atoms with Gasteiger partial charge in [-0.1, -0.05) is 0 Å². The fraction of sp³-hybridized carbons (Fsp3) is 0.818. The lowest BCUT2D eigenvalue weighted by molar-refractivity contribution is -0.125. The molecular formula is C11H23IN4O. The Morgan fingerprint density at radius 2 is 1.76 bits per heavy atom. The van der Waals surface area contributed by atoms with E-state index in [1.54, 1.807) is 13.8 Å². The molecule has 0 spiro atoms. The Kier molecular flexibility index (Phi) is 6.81. The Hall–Kier alpha value is -0.530. The molecule has 1 aliphatic heterocycles. The molecule has 0 aliphatic carbocycles. The first-order chi connectivity index (χ1) is 7.43. The van der Waals surface area contributed by atoms with Crippen LogP contribution in [0.3, 0.4) is 0 Å². The number of aliphatic imine (C=N–C) groups is 1. The standard InChI is InChI=1S/C11H22N4O.HI/c1-11(2,9(12)16)8-14-10(13)15-6-4-3-5-7-15;/h3-8H2,1-2H3,(H2,12,16)(H2,13,14);1H. The van der Waals surface area contributed by atoms with Crippen LogP contribution in [0.1, 0.15) is 33.1 Å². The maximum absolute atomic E-state index is 11.1. The van der Waals surface area contributed by atoms with Crippen LogP contribution in [0, 0.1) is 5.41 Å². The summed E-state index contributed by atoms with van der Waals surface area (Å²) in [7, 11) is 0. The van der Waals surface area contributed by atoms with Gasteiger partial charge in [-0.3, -0.25) is 9.79 Å². The summed E-state index contributed by atoms with van der Waals surface area (Å²) >= 11 is 0. The van der Waals surface area contributed by atoms with E-state index in [9.17, 15) is 4.79 Å². The van der Waals surface area contributed by atoms with Crippen molar-refractivity contribution in [2.45, 2.75) is 33.1 Å². The molecule has 1 heterocycles. The van der Waals surface area contributed by atoms with Gasteiger partial charge in [0.25, 0.3) is 0 Å². The van der Waals surface area contributed by atoms with Gasteiger partial charge in [0.2, 0.25) is 5.91 Å². The highest BCUT2D eigenvalue weighted by Crippen LogP contribution is 2.15. The number of piperidine rings is 1. The van der Waals surface area contributed by atoms with Gasteiger partial charge in [-0.2, -0.15) is 0 Å². The second-order valence-electron chi connectivity index (χ2n) is 4.97. The molecule has 0 atom stereocenters. The predicted octanol–water partition coefficient (Wildman–Crippen LogP) is 0.916. The monoisotopic (exact) mass is 354 g/mol. The van der Waals surface area contributed by atoms with Gasteiger partial charge in [-0.15, -0.1) is 24.0 Å². The summed E-state index contributed by atoms with van der Waals surface area (Å²) in [4.78, 5) is 17.4. The summed E-state index contributed by atoms with van der Waals surface area (Å²) in [5.74, 6) is 0.191. The average Bonchev–Trinajstić information content (AvgIpc) is 2.27. The Morgan fingerprint density at radius 3 is 2.24 bits per heavy atom. The van der Waals surface area contributed by atoms with Crippen molar-refractivity contribution in [1.82, 2.24) is 4.90 Å². The van der Waals surface area contributed by atoms with Gasteiger partial charge < -0.3 is 16.4 Å². The number of carbonyl (C=O) groups is 1. The van der Waals surface area contributed by atoms with Gasteiger partial charge in [-0.25, -0.2) is 0 Å². The van der Waals surface area contributed by atoms with Crippen LogP contribution in [0.15, 0.2) is 4.99 Å².